The number of aliphatic hydroxyl groups is 1. The van der Waals surface area contributed by atoms with Gasteiger partial charge in [-0.25, -0.2) is 0 Å². The Bertz CT molecular complexity index is 453. The van der Waals surface area contributed by atoms with E-state index in [2.05, 4.69) is 4.90 Å². The van der Waals surface area contributed by atoms with Crippen LogP contribution in [0.1, 0.15) is 12.8 Å². The predicted octanol–water partition coefficient (Wildman–Crippen LogP) is 2.19. The van der Waals surface area contributed by atoms with Crippen molar-refractivity contribution in [3.63, 3.8) is 0 Å². The molecule has 1 aliphatic heterocycles. The SMILES string of the molecule is OC[C@H]1CC2OCCN(CCOc3ccc(Cl)cc3)[C@H]2C1. The molecule has 2 aliphatic rings. The Labute approximate surface area is 130 Å². The number of morpholine rings is 1. The van der Waals surface area contributed by atoms with Crippen molar-refractivity contribution < 1.29 is 14.6 Å². The van der Waals surface area contributed by atoms with Crippen molar-refractivity contribution in [1.29, 1.82) is 0 Å². The van der Waals surface area contributed by atoms with Crippen LogP contribution < -0.4 is 4.74 Å². The molecule has 1 aromatic carbocycles. The summed E-state index contributed by atoms with van der Waals surface area (Å²) < 4.78 is 11.6. The lowest BCUT2D eigenvalue weighted by Crippen LogP contribution is -2.49. The van der Waals surface area contributed by atoms with Crippen molar-refractivity contribution in [1.82, 2.24) is 4.90 Å². The van der Waals surface area contributed by atoms with Gasteiger partial charge in [0.1, 0.15) is 12.4 Å². The zero-order valence-corrected chi connectivity index (χ0v) is 12.8. The van der Waals surface area contributed by atoms with Gasteiger partial charge in [-0.3, -0.25) is 4.90 Å². The molecule has 0 aromatic heterocycles. The highest BCUT2D eigenvalue weighted by Gasteiger charge is 2.40. The van der Waals surface area contributed by atoms with Crippen molar-refractivity contribution in [3.05, 3.63) is 29.3 Å². The highest BCUT2D eigenvalue weighted by atomic mass is 35.5. The van der Waals surface area contributed by atoms with Crippen LogP contribution in [-0.4, -0.2) is 55.1 Å². The van der Waals surface area contributed by atoms with Crippen LogP contribution in [0.25, 0.3) is 0 Å². The number of rotatable bonds is 5. The molecule has 4 nitrogen and oxygen atoms in total. The predicted molar refractivity (Wildman–Crippen MR) is 81.9 cm³/mol. The Morgan fingerprint density at radius 3 is 2.86 bits per heavy atom. The summed E-state index contributed by atoms with van der Waals surface area (Å²) in [7, 11) is 0. The standard InChI is InChI=1S/C16H22ClNO3/c17-13-1-3-14(4-2-13)20-7-5-18-6-8-21-16-10-12(11-19)9-15(16)18/h1-4,12,15-16,19H,5-11H2/t12-,15+,16?/m1/s1. The molecule has 1 heterocycles. The van der Waals surface area contributed by atoms with Crippen molar-refractivity contribution >= 4 is 11.6 Å². The monoisotopic (exact) mass is 311 g/mol. The molecular weight excluding hydrogens is 290 g/mol. The number of fused-ring (bicyclic) bond motifs is 1. The van der Waals surface area contributed by atoms with Crippen LogP contribution in [0.4, 0.5) is 0 Å². The Balaban J connectivity index is 1.49. The van der Waals surface area contributed by atoms with Crippen LogP contribution in [0.3, 0.4) is 0 Å². The Morgan fingerprint density at radius 2 is 2.10 bits per heavy atom. The Kier molecular flexibility index (Phi) is 5.01. The third kappa shape index (κ3) is 3.69. The third-order valence-corrected chi connectivity index (χ3v) is 4.72. The minimum absolute atomic E-state index is 0.269. The number of aliphatic hydroxyl groups excluding tert-OH is 1. The van der Waals surface area contributed by atoms with Crippen molar-refractivity contribution in [2.75, 3.05) is 32.9 Å². The second kappa shape index (κ2) is 6.97. The molecule has 0 spiro atoms. The van der Waals surface area contributed by atoms with Gasteiger partial charge < -0.3 is 14.6 Å². The van der Waals surface area contributed by atoms with E-state index in [1.807, 2.05) is 24.3 Å². The molecule has 1 saturated heterocycles. The van der Waals surface area contributed by atoms with Crippen LogP contribution in [0.15, 0.2) is 24.3 Å². The molecule has 1 saturated carbocycles. The molecule has 0 amide bonds. The lowest BCUT2D eigenvalue weighted by Gasteiger charge is -2.37. The third-order valence-electron chi connectivity index (χ3n) is 4.47. The summed E-state index contributed by atoms with van der Waals surface area (Å²) in [6.07, 6.45) is 2.30. The van der Waals surface area contributed by atoms with E-state index in [1.165, 1.54) is 0 Å². The fraction of sp³-hybridized carbons (Fsp3) is 0.625. The summed E-state index contributed by atoms with van der Waals surface area (Å²) in [5.41, 5.74) is 0. The zero-order chi connectivity index (χ0) is 14.7. The first-order valence-electron chi connectivity index (χ1n) is 7.61. The van der Waals surface area contributed by atoms with Crippen molar-refractivity contribution in [2.24, 2.45) is 5.92 Å². The number of hydrogen-bond acceptors (Lipinski definition) is 4. The number of halogens is 1. The van der Waals surface area contributed by atoms with Gasteiger partial charge in [0.15, 0.2) is 0 Å². The minimum atomic E-state index is 0.269. The van der Waals surface area contributed by atoms with Gasteiger partial charge in [0.05, 0.1) is 12.7 Å². The first-order chi connectivity index (χ1) is 10.3. The van der Waals surface area contributed by atoms with Gasteiger partial charge in [-0.2, -0.15) is 0 Å². The van der Waals surface area contributed by atoms with Gasteiger partial charge >= 0.3 is 0 Å². The zero-order valence-electron chi connectivity index (χ0n) is 12.1. The molecule has 1 aliphatic carbocycles. The number of ether oxygens (including phenoxy) is 2. The first kappa shape index (κ1) is 15.1. The molecule has 1 aromatic rings. The van der Waals surface area contributed by atoms with Gasteiger partial charge in [0.2, 0.25) is 0 Å². The van der Waals surface area contributed by atoms with Crippen molar-refractivity contribution in [3.8, 4) is 5.75 Å². The van der Waals surface area contributed by atoms with Gasteiger partial charge in [-0.05, 0) is 43.0 Å². The molecule has 1 N–H and O–H groups in total. The molecule has 2 fully saturated rings. The van der Waals surface area contributed by atoms with Crippen LogP contribution in [0.2, 0.25) is 5.02 Å². The molecule has 5 heteroatoms. The number of nitrogens with zero attached hydrogens (tertiary/aromatic N) is 1. The molecule has 0 radical (unpaired) electrons. The molecule has 3 rings (SSSR count). The highest BCUT2D eigenvalue weighted by Crippen LogP contribution is 2.33. The lowest BCUT2D eigenvalue weighted by molar-refractivity contribution is -0.0585. The van der Waals surface area contributed by atoms with E-state index >= 15 is 0 Å². The second-order valence-electron chi connectivity index (χ2n) is 5.83. The summed E-state index contributed by atoms with van der Waals surface area (Å²) in [5.74, 6) is 1.24. The van der Waals surface area contributed by atoms with Crippen molar-refractivity contribution in [2.45, 2.75) is 25.0 Å². The van der Waals surface area contributed by atoms with E-state index in [4.69, 9.17) is 21.1 Å². The smallest absolute Gasteiger partial charge is 0.119 e. The second-order valence-corrected chi connectivity index (χ2v) is 6.27. The van der Waals surface area contributed by atoms with E-state index < -0.39 is 0 Å². The van der Waals surface area contributed by atoms with Crippen LogP contribution in [0, 0.1) is 5.92 Å². The molecule has 116 valence electrons. The van der Waals surface area contributed by atoms with Crippen LogP contribution in [-0.2, 0) is 4.74 Å². The molecule has 3 atom stereocenters. The normalized spacial score (nSPS) is 29.3. The number of hydrogen-bond donors (Lipinski definition) is 1. The van der Waals surface area contributed by atoms with E-state index in [0.717, 1.165) is 43.3 Å². The Morgan fingerprint density at radius 1 is 1.29 bits per heavy atom. The van der Waals surface area contributed by atoms with E-state index in [0.29, 0.717) is 18.6 Å². The largest absolute Gasteiger partial charge is 0.492 e. The molecular formula is C16H22ClNO3. The van der Waals surface area contributed by atoms with E-state index in [1.54, 1.807) is 0 Å². The average molecular weight is 312 g/mol. The average Bonchev–Trinajstić information content (AvgIpc) is 2.93. The highest BCUT2D eigenvalue weighted by molar-refractivity contribution is 6.30. The van der Waals surface area contributed by atoms with Gasteiger partial charge in [-0.15, -0.1) is 0 Å². The summed E-state index contributed by atoms with van der Waals surface area (Å²) in [6.45, 7) is 3.55. The maximum absolute atomic E-state index is 9.34. The van der Waals surface area contributed by atoms with Gasteiger partial charge in [0.25, 0.3) is 0 Å². The number of benzene rings is 1. The molecule has 0 bridgehead atoms. The first-order valence-corrected chi connectivity index (χ1v) is 7.99. The summed E-state index contributed by atoms with van der Waals surface area (Å²) >= 11 is 5.86. The fourth-order valence-electron chi connectivity index (χ4n) is 3.36. The van der Waals surface area contributed by atoms with Gasteiger partial charge in [-0.1, -0.05) is 11.6 Å². The fourth-order valence-corrected chi connectivity index (χ4v) is 3.49. The van der Waals surface area contributed by atoms with E-state index in [-0.39, 0.29) is 12.7 Å². The summed E-state index contributed by atoms with van der Waals surface area (Å²) in [4.78, 5) is 2.44. The maximum Gasteiger partial charge on any atom is 0.119 e. The minimum Gasteiger partial charge on any atom is -0.492 e. The summed E-state index contributed by atoms with van der Waals surface area (Å²) in [6, 6.07) is 7.89. The topological polar surface area (TPSA) is 41.9 Å². The molecule has 1 unspecified atom stereocenters. The Hall–Kier alpha value is -0.810. The van der Waals surface area contributed by atoms with Crippen LogP contribution in [0.5, 0.6) is 5.75 Å². The van der Waals surface area contributed by atoms with Gasteiger partial charge in [0, 0.05) is 30.8 Å². The maximum atomic E-state index is 9.34. The van der Waals surface area contributed by atoms with E-state index in [9.17, 15) is 5.11 Å². The summed E-state index contributed by atoms with van der Waals surface area (Å²) in [5, 5.41) is 10.1. The molecule has 21 heavy (non-hydrogen) atoms. The van der Waals surface area contributed by atoms with Crippen LogP contribution >= 0.6 is 11.6 Å². The quantitative estimate of drug-likeness (QED) is 0.905. The lowest BCUT2D eigenvalue weighted by atomic mass is 10.1.